The number of hydrogen-bond acceptors (Lipinski definition) is 5. The summed E-state index contributed by atoms with van der Waals surface area (Å²) in [6.45, 7) is 3.83. The quantitative estimate of drug-likeness (QED) is 0.671. The molecular weight excluding hydrogens is 442 g/mol. The fourth-order valence-corrected chi connectivity index (χ4v) is 4.92. The van der Waals surface area contributed by atoms with Crippen molar-refractivity contribution in [2.45, 2.75) is 5.92 Å². The molecule has 8 heteroatoms. The largest absolute Gasteiger partial charge is 0.497 e. The number of likely N-dealkylation sites (N-methyl/N-ethyl adjacent to an activating group) is 1. The lowest BCUT2D eigenvalue weighted by molar-refractivity contribution is -0.137. The second kappa shape index (κ2) is 10.0. The van der Waals surface area contributed by atoms with E-state index in [4.69, 9.17) is 21.1 Å². The first-order valence-electron chi connectivity index (χ1n) is 11.2. The molecule has 2 fully saturated rings. The molecule has 2 atom stereocenters. The molecule has 0 bridgehead atoms. The van der Waals surface area contributed by atoms with Gasteiger partial charge in [0.05, 0.1) is 20.1 Å². The Hall–Kier alpha value is -2.77. The summed E-state index contributed by atoms with van der Waals surface area (Å²) in [5.41, 5.74) is 1.40. The van der Waals surface area contributed by atoms with E-state index in [0.29, 0.717) is 48.3 Å². The summed E-state index contributed by atoms with van der Waals surface area (Å²) in [6.07, 6.45) is 0. The topological polar surface area (TPSA) is 62.3 Å². The van der Waals surface area contributed by atoms with Crippen molar-refractivity contribution < 1.29 is 19.1 Å². The summed E-state index contributed by atoms with van der Waals surface area (Å²) in [5.74, 6) is 0.769. The van der Waals surface area contributed by atoms with E-state index in [1.54, 1.807) is 43.4 Å². The molecule has 7 nitrogen and oxygen atoms in total. The van der Waals surface area contributed by atoms with Crippen molar-refractivity contribution in [1.29, 1.82) is 0 Å². The van der Waals surface area contributed by atoms with Crippen molar-refractivity contribution in [1.82, 2.24) is 14.7 Å². The smallest absolute Gasteiger partial charge is 0.253 e. The third-order valence-corrected chi connectivity index (χ3v) is 6.88. The molecule has 2 heterocycles. The summed E-state index contributed by atoms with van der Waals surface area (Å²) in [5, 5.41) is 0.510. The van der Waals surface area contributed by atoms with Gasteiger partial charge in [-0.3, -0.25) is 9.59 Å². The molecule has 2 aliphatic heterocycles. The van der Waals surface area contributed by atoms with Crippen LogP contribution in [0.15, 0.2) is 42.5 Å². The number of piperazine rings is 1. The Morgan fingerprint density at radius 3 is 2.36 bits per heavy atom. The molecule has 0 N–H and O–H groups in total. The van der Waals surface area contributed by atoms with Gasteiger partial charge in [-0.05, 0) is 43.4 Å². The Kier molecular flexibility index (Phi) is 7.10. The molecule has 2 aromatic carbocycles. The van der Waals surface area contributed by atoms with Crippen molar-refractivity contribution in [2.24, 2.45) is 5.92 Å². The number of halogens is 1. The molecule has 0 spiro atoms. The second-order valence-electron chi connectivity index (χ2n) is 8.67. The van der Waals surface area contributed by atoms with Crippen LogP contribution in [-0.2, 0) is 4.79 Å². The maximum atomic E-state index is 13.7. The molecule has 2 amide bonds. The summed E-state index contributed by atoms with van der Waals surface area (Å²) in [4.78, 5) is 32.9. The SMILES string of the molecule is COc1ccc(OC)c(C2CN(C(=O)c3cccc(Cl)c3)CC2C(=O)N2CCN(C)CC2)c1. The van der Waals surface area contributed by atoms with Crippen LogP contribution in [-0.4, -0.2) is 87.0 Å². The molecular formula is C25H30ClN3O4. The highest BCUT2D eigenvalue weighted by atomic mass is 35.5. The third-order valence-electron chi connectivity index (χ3n) is 6.65. The summed E-state index contributed by atoms with van der Waals surface area (Å²) >= 11 is 6.12. The molecule has 2 aliphatic rings. The van der Waals surface area contributed by atoms with Crippen LogP contribution in [0.5, 0.6) is 11.5 Å². The zero-order chi connectivity index (χ0) is 23.5. The van der Waals surface area contributed by atoms with Gasteiger partial charge in [0.15, 0.2) is 0 Å². The minimum absolute atomic E-state index is 0.0827. The monoisotopic (exact) mass is 471 g/mol. The lowest BCUT2D eigenvalue weighted by Gasteiger charge is -2.35. The van der Waals surface area contributed by atoms with Gasteiger partial charge in [0.2, 0.25) is 5.91 Å². The summed E-state index contributed by atoms with van der Waals surface area (Å²) in [6, 6.07) is 12.5. The van der Waals surface area contributed by atoms with Gasteiger partial charge in [-0.2, -0.15) is 0 Å². The van der Waals surface area contributed by atoms with Crippen LogP contribution in [0.3, 0.4) is 0 Å². The highest BCUT2D eigenvalue weighted by molar-refractivity contribution is 6.30. The second-order valence-corrected chi connectivity index (χ2v) is 9.11. The van der Waals surface area contributed by atoms with Crippen LogP contribution in [0.4, 0.5) is 0 Å². The molecule has 2 unspecified atom stereocenters. The van der Waals surface area contributed by atoms with Crippen molar-refractivity contribution in [3.63, 3.8) is 0 Å². The molecule has 176 valence electrons. The lowest BCUT2D eigenvalue weighted by atomic mass is 9.87. The van der Waals surface area contributed by atoms with E-state index in [9.17, 15) is 9.59 Å². The standard InChI is InChI=1S/C25H30ClN3O4/c1-27-9-11-28(12-10-27)25(31)22-16-29(24(30)17-5-4-6-18(26)13-17)15-21(22)20-14-19(32-2)7-8-23(20)33-3/h4-8,13-14,21-22H,9-12,15-16H2,1-3H3. The van der Waals surface area contributed by atoms with E-state index >= 15 is 0 Å². The fraction of sp³-hybridized carbons (Fsp3) is 0.440. The number of amides is 2. The van der Waals surface area contributed by atoms with E-state index in [1.807, 2.05) is 23.1 Å². The molecule has 2 aromatic rings. The number of methoxy groups -OCH3 is 2. The number of carbonyl (C=O) groups is 2. The molecule has 0 radical (unpaired) electrons. The van der Waals surface area contributed by atoms with Gasteiger partial charge in [-0.25, -0.2) is 0 Å². The Labute approximate surface area is 199 Å². The minimum atomic E-state index is -0.363. The van der Waals surface area contributed by atoms with Gasteiger partial charge in [-0.1, -0.05) is 17.7 Å². The number of rotatable bonds is 5. The zero-order valence-corrected chi connectivity index (χ0v) is 20.0. The average Bonchev–Trinajstić information content (AvgIpc) is 3.28. The van der Waals surface area contributed by atoms with Crippen LogP contribution in [0.1, 0.15) is 21.8 Å². The molecule has 0 aromatic heterocycles. The number of benzene rings is 2. The van der Waals surface area contributed by atoms with Gasteiger partial charge < -0.3 is 24.2 Å². The highest BCUT2D eigenvalue weighted by Gasteiger charge is 2.43. The fourth-order valence-electron chi connectivity index (χ4n) is 4.73. The lowest BCUT2D eigenvalue weighted by Crippen LogP contribution is -2.50. The van der Waals surface area contributed by atoms with E-state index in [2.05, 4.69) is 11.9 Å². The Morgan fingerprint density at radius 1 is 0.939 bits per heavy atom. The van der Waals surface area contributed by atoms with Crippen LogP contribution >= 0.6 is 11.6 Å². The average molecular weight is 472 g/mol. The zero-order valence-electron chi connectivity index (χ0n) is 19.3. The van der Waals surface area contributed by atoms with Gasteiger partial charge in [-0.15, -0.1) is 0 Å². The minimum Gasteiger partial charge on any atom is -0.497 e. The van der Waals surface area contributed by atoms with Gasteiger partial charge >= 0.3 is 0 Å². The first kappa shape index (κ1) is 23.4. The summed E-state index contributed by atoms with van der Waals surface area (Å²) in [7, 11) is 5.29. The van der Waals surface area contributed by atoms with E-state index in [-0.39, 0.29) is 23.7 Å². The maximum Gasteiger partial charge on any atom is 0.253 e. The number of nitrogens with zero attached hydrogens (tertiary/aromatic N) is 3. The van der Waals surface area contributed by atoms with E-state index in [0.717, 1.165) is 18.7 Å². The van der Waals surface area contributed by atoms with Crippen molar-refractivity contribution in [3.05, 3.63) is 58.6 Å². The van der Waals surface area contributed by atoms with Crippen molar-refractivity contribution in [3.8, 4) is 11.5 Å². The van der Waals surface area contributed by atoms with Crippen LogP contribution < -0.4 is 9.47 Å². The first-order valence-corrected chi connectivity index (χ1v) is 11.5. The van der Waals surface area contributed by atoms with Crippen molar-refractivity contribution >= 4 is 23.4 Å². The molecule has 0 aliphatic carbocycles. The molecule has 2 saturated heterocycles. The number of carbonyl (C=O) groups excluding carboxylic acids is 2. The number of hydrogen-bond donors (Lipinski definition) is 0. The normalized spacial score (nSPS) is 21.2. The first-order chi connectivity index (χ1) is 15.9. The Balaban J connectivity index is 1.67. The maximum absolute atomic E-state index is 13.7. The van der Waals surface area contributed by atoms with Crippen LogP contribution in [0, 0.1) is 5.92 Å². The number of ether oxygens (including phenoxy) is 2. The number of likely N-dealkylation sites (tertiary alicyclic amines) is 1. The van der Waals surface area contributed by atoms with Gasteiger partial charge in [0.1, 0.15) is 11.5 Å². The predicted octanol–water partition coefficient (Wildman–Crippen LogP) is 2.99. The van der Waals surface area contributed by atoms with Gasteiger partial charge in [0.25, 0.3) is 5.91 Å². The van der Waals surface area contributed by atoms with Crippen LogP contribution in [0.2, 0.25) is 5.02 Å². The molecule has 33 heavy (non-hydrogen) atoms. The van der Waals surface area contributed by atoms with Crippen LogP contribution in [0.25, 0.3) is 0 Å². The highest BCUT2D eigenvalue weighted by Crippen LogP contribution is 2.40. The summed E-state index contributed by atoms with van der Waals surface area (Å²) < 4.78 is 11.1. The Bertz CT molecular complexity index is 1020. The van der Waals surface area contributed by atoms with Crippen molar-refractivity contribution in [2.75, 3.05) is 60.5 Å². The van der Waals surface area contributed by atoms with E-state index < -0.39 is 0 Å². The van der Waals surface area contributed by atoms with Gasteiger partial charge in [0, 0.05) is 61.3 Å². The predicted molar refractivity (Wildman–Crippen MR) is 127 cm³/mol. The molecule has 4 rings (SSSR count). The Morgan fingerprint density at radius 2 is 1.70 bits per heavy atom. The third kappa shape index (κ3) is 4.94. The molecule has 0 saturated carbocycles. The van der Waals surface area contributed by atoms with E-state index in [1.165, 1.54) is 0 Å².